The molecule has 1 saturated heterocycles. The van der Waals surface area contributed by atoms with E-state index in [-0.39, 0.29) is 24.0 Å². The fraction of sp³-hybridized carbons (Fsp3) is 0.533. The minimum absolute atomic E-state index is 0.0359. The van der Waals surface area contributed by atoms with Crippen LogP contribution >= 0.6 is 0 Å². The molecule has 1 fully saturated rings. The number of likely N-dealkylation sites (N-methyl/N-ethyl adjacent to an activating group) is 1. The van der Waals surface area contributed by atoms with Gasteiger partial charge in [0.2, 0.25) is 5.91 Å². The summed E-state index contributed by atoms with van der Waals surface area (Å²) in [6.45, 7) is 2.74. The molecule has 6 heteroatoms. The standard InChI is InChI=1S/C15H22N2O3S/c1-15(8-9-21(19,20)12-15)16-14(18)11-17(2)10-13-6-4-3-5-7-13/h3-7H,8-12H2,1-2H3,(H,16,18)/t15-/m1/s1. The molecule has 1 aromatic rings. The third-order valence-electron chi connectivity index (χ3n) is 3.65. The summed E-state index contributed by atoms with van der Waals surface area (Å²) in [6.07, 6.45) is 0.490. The maximum atomic E-state index is 12.1. The van der Waals surface area contributed by atoms with E-state index >= 15 is 0 Å². The van der Waals surface area contributed by atoms with Gasteiger partial charge in [0.15, 0.2) is 9.84 Å². The van der Waals surface area contributed by atoms with E-state index in [0.717, 1.165) is 5.56 Å². The van der Waals surface area contributed by atoms with Crippen molar-refractivity contribution < 1.29 is 13.2 Å². The van der Waals surface area contributed by atoms with Crippen LogP contribution in [0.5, 0.6) is 0 Å². The van der Waals surface area contributed by atoms with Gasteiger partial charge in [0.05, 0.1) is 23.6 Å². The Labute approximate surface area is 126 Å². The monoisotopic (exact) mass is 310 g/mol. The minimum Gasteiger partial charge on any atom is -0.349 e. The quantitative estimate of drug-likeness (QED) is 0.874. The Balaban J connectivity index is 1.84. The smallest absolute Gasteiger partial charge is 0.234 e. The fourth-order valence-electron chi connectivity index (χ4n) is 2.68. The van der Waals surface area contributed by atoms with E-state index < -0.39 is 15.4 Å². The Hall–Kier alpha value is -1.40. The first-order valence-corrected chi connectivity index (χ1v) is 8.84. The Morgan fingerprint density at radius 2 is 2.00 bits per heavy atom. The molecule has 0 unspecified atom stereocenters. The second-order valence-electron chi connectivity index (χ2n) is 6.11. The molecular formula is C15H22N2O3S. The van der Waals surface area contributed by atoms with Crippen molar-refractivity contribution in [3.63, 3.8) is 0 Å². The first-order valence-electron chi connectivity index (χ1n) is 7.02. The molecule has 1 aromatic carbocycles. The van der Waals surface area contributed by atoms with Crippen LogP contribution in [0, 0.1) is 0 Å². The lowest BCUT2D eigenvalue weighted by Crippen LogP contribution is -2.49. The molecule has 0 spiro atoms. The van der Waals surface area contributed by atoms with E-state index in [9.17, 15) is 13.2 Å². The van der Waals surface area contributed by atoms with Crippen molar-refractivity contribution in [2.45, 2.75) is 25.4 Å². The molecule has 5 nitrogen and oxygen atoms in total. The van der Waals surface area contributed by atoms with Gasteiger partial charge in [0.1, 0.15) is 0 Å². The number of benzene rings is 1. The van der Waals surface area contributed by atoms with E-state index in [2.05, 4.69) is 5.32 Å². The van der Waals surface area contributed by atoms with Crippen LogP contribution in [0.3, 0.4) is 0 Å². The number of carbonyl (C=O) groups excluding carboxylic acids is 1. The molecule has 0 radical (unpaired) electrons. The van der Waals surface area contributed by atoms with Gasteiger partial charge in [0, 0.05) is 6.54 Å². The predicted octanol–water partition coefficient (Wildman–Crippen LogP) is 0.812. The molecule has 1 amide bonds. The summed E-state index contributed by atoms with van der Waals surface area (Å²) in [5.74, 6) is 0.0608. The molecule has 1 aliphatic heterocycles. The summed E-state index contributed by atoms with van der Waals surface area (Å²) in [4.78, 5) is 14.0. The van der Waals surface area contributed by atoms with Crippen LogP contribution in [0.1, 0.15) is 18.9 Å². The van der Waals surface area contributed by atoms with Crippen LogP contribution in [0.25, 0.3) is 0 Å². The Morgan fingerprint density at radius 1 is 1.33 bits per heavy atom. The predicted molar refractivity (Wildman–Crippen MR) is 82.6 cm³/mol. The molecule has 1 aliphatic rings. The third kappa shape index (κ3) is 4.82. The lowest BCUT2D eigenvalue weighted by Gasteiger charge is -2.25. The largest absolute Gasteiger partial charge is 0.349 e. The SMILES string of the molecule is CN(CC(=O)N[C@]1(C)CCS(=O)(=O)C1)Cc1ccccc1. The first kappa shape index (κ1) is 16.0. The van der Waals surface area contributed by atoms with Crippen molar-refractivity contribution in [3.05, 3.63) is 35.9 Å². The second-order valence-corrected chi connectivity index (χ2v) is 8.29. The van der Waals surface area contributed by atoms with Crippen molar-refractivity contribution in [1.29, 1.82) is 0 Å². The van der Waals surface area contributed by atoms with Gasteiger partial charge in [0.25, 0.3) is 0 Å². The van der Waals surface area contributed by atoms with Gasteiger partial charge in [-0.05, 0) is 26.0 Å². The van der Waals surface area contributed by atoms with Crippen molar-refractivity contribution in [1.82, 2.24) is 10.2 Å². The highest BCUT2D eigenvalue weighted by atomic mass is 32.2. The molecule has 1 heterocycles. The summed E-state index contributed by atoms with van der Waals surface area (Å²) in [6, 6.07) is 9.91. The zero-order chi connectivity index (χ0) is 15.5. The maximum absolute atomic E-state index is 12.1. The van der Waals surface area contributed by atoms with Crippen LogP contribution in [-0.4, -0.2) is 49.9 Å². The molecule has 116 valence electrons. The number of hydrogen-bond acceptors (Lipinski definition) is 4. The number of carbonyl (C=O) groups is 1. The van der Waals surface area contributed by atoms with Crippen LogP contribution in [0.4, 0.5) is 0 Å². The summed E-state index contributed by atoms with van der Waals surface area (Å²) in [7, 11) is -1.13. The van der Waals surface area contributed by atoms with E-state index in [4.69, 9.17) is 0 Å². The van der Waals surface area contributed by atoms with Crippen molar-refractivity contribution >= 4 is 15.7 Å². The molecule has 1 N–H and O–H groups in total. The Bertz CT molecular complexity index is 601. The van der Waals surface area contributed by atoms with Gasteiger partial charge in [-0.15, -0.1) is 0 Å². The normalized spacial score (nSPS) is 24.1. The van der Waals surface area contributed by atoms with Crippen molar-refractivity contribution in [2.24, 2.45) is 0 Å². The van der Waals surface area contributed by atoms with Gasteiger partial charge < -0.3 is 5.32 Å². The number of rotatable bonds is 5. The van der Waals surface area contributed by atoms with Gasteiger partial charge in [-0.3, -0.25) is 9.69 Å². The molecule has 0 saturated carbocycles. The Morgan fingerprint density at radius 3 is 2.57 bits per heavy atom. The molecule has 0 bridgehead atoms. The number of sulfone groups is 1. The number of amides is 1. The molecular weight excluding hydrogens is 288 g/mol. The van der Waals surface area contributed by atoms with Crippen molar-refractivity contribution in [3.8, 4) is 0 Å². The lowest BCUT2D eigenvalue weighted by molar-refractivity contribution is -0.123. The summed E-state index contributed by atoms with van der Waals surface area (Å²) in [5.41, 5.74) is 0.520. The lowest BCUT2D eigenvalue weighted by atomic mass is 10.0. The highest BCUT2D eigenvalue weighted by Gasteiger charge is 2.39. The number of nitrogens with zero attached hydrogens (tertiary/aromatic N) is 1. The highest BCUT2D eigenvalue weighted by molar-refractivity contribution is 7.91. The third-order valence-corrected chi connectivity index (χ3v) is 5.56. The summed E-state index contributed by atoms with van der Waals surface area (Å²) >= 11 is 0. The molecule has 21 heavy (non-hydrogen) atoms. The van der Waals surface area contributed by atoms with Gasteiger partial charge in [-0.25, -0.2) is 8.42 Å². The van der Waals surface area contributed by atoms with Crippen LogP contribution < -0.4 is 5.32 Å². The second kappa shape index (κ2) is 6.15. The molecule has 2 rings (SSSR count). The van der Waals surface area contributed by atoms with Gasteiger partial charge >= 0.3 is 0 Å². The summed E-state index contributed by atoms with van der Waals surface area (Å²) < 4.78 is 23.1. The van der Waals surface area contributed by atoms with Crippen LogP contribution in [-0.2, 0) is 21.2 Å². The average Bonchev–Trinajstić information content (AvgIpc) is 2.63. The zero-order valence-corrected chi connectivity index (χ0v) is 13.3. The minimum atomic E-state index is -3.00. The highest BCUT2D eigenvalue weighted by Crippen LogP contribution is 2.22. The number of hydrogen-bond donors (Lipinski definition) is 1. The molecule has 1 atom stereocenters. The average molecular weight is 310 g/mol. The van der Waals surface area contributed by atoms with E-state index in [0.29, 0.717) is 13.0 Å². The topological polar surface area (TPSA) is 66.5 Å². The summed E-state index contributed by atoms with van der Waals surface area (Å²) in [5, 5.41) is 2.87. The van der Waals surface area contributed by atoms with Crippen LogP contribution in [0.15, 0.2) is 30.3 Å². The van der Waals surface area contributed by atoms with Crippen molar-refractivity contribution in [2.75, 3.05) is 25.1 Å². The van der Waals surface area contributed by atoms with E-state index in [1.807, 2.05) is 42.3 Å². The fourth-order valence-corrected chi connectivity index (χ4v) is 4.77. The molecule has 0 aliphatic carbocycles. The first-order chi connectivity index (χ1) is 9.78. The van der Waals surface area contributed by atoms with Crippen LogP contribution in [0.2, 0.25) is 0 Å². The van der Waals surface area contributed by atoms with Gasteiger partial charge in [-0.2, -0.15) is 0 Å². The number of nitrogens with one attached hydrogen (secondary N) is 1. The van der Waals surface area contributed by atoms with E-state index in [1.165, 1.54) is 0 Å². The maximum Gasteiger partial charge on any atom is 0.234 e. The zero-order valence-electron chi connectivity index (χ0n) is 12.5. The van der Waals surface area contributed by atoms with E-state index in [1.54, 1.807) is 6.92 Å². The molecule has 0 aromatic heterocycles. The Kier molecular flexibility index (Phi) is 4.68. The van der Waals surface area contributed by atoms with Gasteiger partial charge in [-0.1, -0.05) is 30.3 Å².